The Morgan fingerprint density at radius 1 is 1.15 bits per heavy atom. The average Bonchev–Trinajstić information content (AvgIpc) is 2.97. The van der Waals surface area contributed by atoms with Crippen LogP contribution in [0.15, 0.2) is 53.1 Å². The molecule has 0 aliphatic carbocycles. The SMILES string of the molecule is CC(=O)Oc1ccccc1C(=O)O.NS(=O)(=O)Cc1noc2ccccc12. The quantitative estimate of drug-likeness (QED) is 0.505. The summed E-state index contributed by atoms with van der Waals surface area (Å²) in [6.45, 7) is 1.22. The Morgan fingerprint density at radius 3 is 2.41 bits per heavy atom. The van der Waals surface area contributed by atoms with Crippen LogP contribution in [0.2, 0.25) is 0 Å². The maximum atomic E-state index is 10.8. The summed E-state index contributed by atoms with van der Waals surface area (Å²) in [4.78, 5) is 21.2. The van der Waals surface area contributed by atoms with Crippen molar-refractivity contribution in [3.63, 3.8) is 0 Å². The number of nitrogens with two attached hydrogens (primary N) is 1. The van der Waals surface area contributed by atoms with Gasteiger partial charge in [-0.1, -0.05) is 29.4 Å². The summed E-state index contributed by atoms with van der Waals surface area (Å²) >= 11 is 0. The van der Waals surface area contributed by atoms with Crippen LogP contribution in [0.3, 0.4) is 0 Å². The number of carboxylic acid groups (broad SMARTS) is 1. The number of carboxylic acids is 1. The van der Waals surface area contributed by atoms with E-state index in [1.165, 1.54) is 19.1 Å². The van der Waals surface area contributed by atoms with Crippen molar-refractivity contribution >= 4 is 32.9 Å². The number of hydrogen-bond donors (Lipinski definition) is 2. The molecule has 0 spiro atoms. The summed E-state index contributed by atoms with van der Waals surface area (Å²) < 4.78 is 31.3. The van der Waals surface area contributed by atoms with Crippen LogP contribution in [0.1, 0.15) is 23.0 Å². The highest BCUT2D eigenvalue weighted by atomic mass is 32.2. The molecule has 0 aliphatic heterocycles. The van der Waals surface area contributed by atoms with E-state index in [4.69, 9.17) is 14.8 Å². The number of aromatic nitrogens is 1. The highest BCUT2D eigenvalue weighted by Crippen LogP contribution is 2.19. The second-order valence-electron chi connectivity index (χ2n) is 5.33. The van der Waals surface area contributed by atoms with Gasteiger partial charge in [-0.2, -0.15) is 0 Å². The molecule has 0 bridgehead atoms. The molecular weight excluding hydrogens is 376 g/mol. The highest BCUT2D eigenvalue weighted by Gasteiger charge is 2.13. The van der Waals surface area contributed by atoms with E-state index in [1.54, 1.807) is 36.4 Å². The van der Waals surface area contributed by atoms with Crippen molar-refractivity contribution in [3.05, 3.63) is 59.8 Å². The van der Waals surface area contributed by atoms with Crippen LogP contribution in [0, 0.1) is 0 Å². The Kier molecular flexibility index (Phi) is 6.27. The van der Waals surface area contributed by atoms with Crippen molar-refractivity contribution in [2.45, 2.75) is 12.7 Å². The van der Waals surface area contributed by atoms with Gasteiger partial charge in [-0.3, -0.25) is 4.79 Å². The molecule has 0 aliphatic rings. The molecule has 10 heteroatoms. The third kappa shape index (κ3) is 5.90. The Morgan fingerprint density at radius 2 is 1.78 bits per heavy atom. The van der Waals surface area contributed by atoms with E-state index in [0.717, 1.165) is 0 Å². The molecule has 0 amide bonds. The molecule has 0 saturated carbocycles. The van der Waals surface area contributed by atoms with E-state index in [-0.39, 0.29) is 17.1 Å². The van der Waals surface area contributed by atoms with Crippen molar-refractivity contribution in [2.75, 3.05) is 0 Å². The summed E-state index contributed by atoms with van der Waals surface area (Å²) in [5.41, 5.74) is 0.895. The number of primary sulfonamides is 1. The maximum Gasteiger partial charge on any atom is 0.339 e. The molecule has 3 aromatic rings. The van der Waals surface area contributed by atoms with Crippen LogP contribution >= 0.6 is 0 Å². The lowest BCUT2D eigenvalue weighted by Gasteiger charge is -2.03. The lowest BCUT2D eigenvalue weighted by Crippen LogP contribution is -2.14. The molecule has 0 saturated heterocycles. The van der Waals surface area contributed by atoms with Crippen molar-refractivity contribution in [3.8, 4) is 5.75 Å². The smallest absolute Gasteiger partial charge is 0.339 e. The molecule has 0 radical (unpaired) electrons. The van der Waals surface area contributed by atoms with Crippen LogP contribution < -0.4 is 9.88 Å². The third-order valence-electron chi connectivity index (χ3n) is 3.16. The molecule has 1 aromatic heterocycles. The number of sulfonamides is 1. The van der Waals surface area contributed by atoms with E-state index in [0.29, 0.717) is 16.7 Å². The van der Waals surface area contributed by atoms with Gasteiger partial charge in [-0.25, -0.2) is 18.4 Å². The number of esters is 1. The van der Waals surface area contributed by atoms with Gasteiger partial charge in [0.15, 0.2) is 5.58 Å². The second kappa shape index (κ2) is 8.43. The largest absolute Gasteiger partial charge is 0.478 e. The lowest BCUT2D eigenvalue weighted by atomic mass is 10.2. The molecule has 2 aromatic carbocycles. The number of benzene rings is 2. The number of nitrogens with zero attached hydrogens (tertiary/aromatic N) is 1. The molecule has 27 heavy (non-hydrogen) atoms. The van der Waals surface area contributed by atoms with E-state index in [9.17, 15) is 18.0 Å². The van der Waals surface area contributed by atoms with E-state index in [1.807, 2.05) is 0 Å². The van der Waals surface area contributed by atoms with Crippen LogP contribution in [-0.2, 0) is 20.6 Å². The van der Waals surface area contributed by atoms with Crippen LogP contribution in [0.25, 0.3) is 11.0 Å². The Hall–Kier alpha value is -3.24. The van der Waals surface area contributed by atoms with Crippen molar-refractivity contribution < 1.29 is 32.4 Å². The standard InChI is InChI=1S/C9H8O4.C8H8N2O3S/c1-6(10)13-8-5-3-2-4-7(8)9(11)12;9-14(11,12)5-7-6-3-1-2-4-8(6)13-10-7/h2-5H,1H3,(H,11,12);1-4H,5H2,(H2,9,11,12). The van der Waals surface area contributed by atoms with Gasteiger partial charge in [-0.15, -0.1) is 0 Å². The Balaban J connectivity index is 0.000000194. The fourth-order valence-corrected chi connectivity index (χ4v) is 2.71. The number of carbonyl (C=O) groups excluding carboxylic acids is 1. The van der Waals surface area contributed by atoms with Gasteiger partial charge in [0.05, 0.1) is 0 Å². The van der Waals surface area contributed by atoms with Gasteiger partial charge in [0.1, 0.15) is 22.8 Å². The summed E-state index contributed by atoms with van der Waals surface area (Å²) in [7, 11) is -3.56. The zero-order chi connectivity index (χ0) is 20.0. The van der Waals surface area contributed by atoms with Crippen LogP contribution in [0.4, 0.5) is 0 Å². The first-order valence-corrected chi connectivity index (χ1v) is 9.23. The normalized spacial score (nSPS) is 10.7. The van der Waals surface area contributed by atoms with E-state index < -0.39 is 22.0 Å². The first-order valence-electron chi connectivity index (χ1n) is 7.52. The monoisotopic (exact) mass is 392 g/mol. The molecule has 3 rings (SSSR count). The molecule has 0 fully saturated rings. The average molecular weight is 392 g/mol. The zero-order valence-electron chi connectivity index (χ0n) is 14.2. The minimum atomic E-state index is -3.56. The molecule has 9 nitrogen and oxygen atoms in total. The number of ether oxygens (including phenoxy) is 1. The fraction of sp³-hybridized carbons (Fsp3) is 0.118. The summed E-state index contributed by atoms with van der Waals surface area (Å²) in [6, 6.07) is 13.0. The highest BCUT2D eigenvalue weighted by molar-refractivity contribution is 7.88. The summed E-state index contributed by atoms with van der Waals surface area (Å²) in [6.07, 6.45) is 0. The summed E-state index contributed by atoms with van der Waals surface area (Å²) in [5, 5.41) is 17.9. The molecular formula is C17H16N2O7S. The van der Waals surface area contributed by atoms with E-state index in [2.05, 4.69) is 9.89 Å². The number of fused-ring (bicyclic) bond motifs is 1. The number of para-hydroxylation sites is 2. The number of rotatable bonds is 4. The first-order chi connectivity index (χ1) is 12.7. The Labute approximate surface area is 154 Å². The second-order valence-corrected chi connectivity index (χ2v) is 6.94. The Bertz CT molecular complexity index is 1070. The number of hydrogen-bond acceptors (Lipinski definition) is 7. The van der Waals surface area contributed by atoms with Gasteiger partial charge in [-0.05, 0) is 24.3 Å². The molecule has 142 valence electrons. The van der Waals surface area contributed by atoms with Gasteiger partial charge < -0.3 is 14.4 Å². The van der Waals surface area contributed by atoms with E-state index >= 15 is 0 Å². The topological polar surface area (TPSA) is 150 Å². The van der Waals surface area contributed by atoms with Gasteiger partial charge in [0.25, 0.3) is 0 Å². The summed E-state index contributed by atoms with van der Waals surface area (Å²) in [5.74, 6) is -1.88. The van der Waals surface area contributed by atoms with Gasteiger partial charge >= 0.3 is 11.9 Å². The van der Waals surface area contributed by atoms with Crippen molar-refractivity contribution in [1.29, 1.82) is 0 Å². The van der Waals surface area contributed by atoms with Crippen LogP contribution in [-0.4, -0.2) is 30.6 Å². The fourth-order valence-electron chi connectivity index (χ4n) is 2.12. The van der Waals surface area contributed by atoms with Gasteiger partial charge in [0.2, 0.25) is 10.0 Å². The predicted molar refractivity (Wildman–Crippen MR) is 95.5 cm³/mol. The number of carbonyl (C=O) groups is 2. The maximum absolute atomic E-state index is 10.8. The number of aromatic carboxylic acids is 1. The molecule has 1 heterocycles. The molecule has 3 N–H and O–H groups in total. The van der Waals surface area contributed by atoms with Crippen molar-refractivity contribution in [2.24, 2.45) is 5.14 Å². The zero-order valence-corrected chi connectivity index (χ0v) is 15.0. The third-order valence-corrected chi connectivity index (χ3v) is 3.84. The van der Waals surface area contributed by atoms with Crippen LogP contribution in [0.5, 0.6) is 5.75 Å². The minimum Gasteiger partial charge on any atom is -0.478 e. The molecule has 0 atom stereocenters. The minimum absolute atomic E-state index is 0.0160. The lowest BCUT2D eigenvalue weighted by molar-refractivity contribution is -0.131. The van der Waals surface area contributed by atoms with Gasteiger partial charge in [0, 0.05) is 12.3 Å². The van der Waals surface area contributed by atoms with Crippen molar-refractivity contribution in [1.82, 2.24) is 5.16 Å². The molecule has 0 unspecified atom stereocenters. The predicted octanol–water partition coefficient (Wildman–Crippen LogP) is 1.93. The first kappa shape index (κ1) is 20.1.